The van der Waals surface area contributed by atoms with Crippen molar-refractivity contribution >= 4 is 89.0 Å². The normalized spacial score (nSPS) is 15.7. The Morgan fingerprint density at radius 1 is 0.490 bits per heavy atom. The van der Waals surface area contributed by atoms with E-state index in [9.17, 15) is 0 Å². The quantitative estimate of drug-likeness (QED) is 0.132. The van der Waals surface area contributed by atoms with E-state index in [1.807, 2.05) is 0 Å². The summed E-state index contributed by atoms with van der Waals surface area (Å²) in [5.41, 5.74) is 9.69. The van der Waals surface area contributed by atoms with Crippen LogP contribution in [0.25, 0.3) is 54.6 Å². The van der Waals surface area contributed by atoms with Gasteiger partial charge < -0.3 is 4.42 Å². The lowest BCUT2D eigenvalue weighted by Crippen LogP contribution is -2.38. The minimum absolute atomic E-state index is 0.0364. The molecule has 1 aliphatic rings. The van der Waals surface area contributed by atoms with Crippen LogP contribution >= 0.6 is 22.6 Å². The molecule has 10 rings (SSSR count). The smallest absolute Gasteiger partial charge is 0.139 e. The van der Waals surface area contributed by atoms with E-state index in [-0.39, 0.29) is 9.84 Å². The van der Waals surface area contributed by atoms with E-state index < -0.39 is 0 Å². The molecule has 0 amide bonds. The lowest BCUT2D eigenvalue weighted by atomic mass is 9.82. The fourth-order valence-corrected chi connectivity index (χ4v) is 8.96. The van der Waals surface area contributed by atoms with Gasteiger partial charge in [-0.1, -0.05) is 144 Å². The van der Waals surface area contributed by atoms with Gasteiger partial charge in [-0.05, 0) is 92.8 Å². The third-order valence-corrected chi connectivity index (χ3v) is 11.5. The minimum atomic E-state index is -0.0397. The fraction of sp³-hybridized carbons (Fsp3) is 0.0426. The summed E-state index contributed by atoms with van der Waals surface area (Å²) in [6, 6.07) is 62.9. The maximum Gasteiger partial charge on any atom is 0.139 e. The van der Waals surface area contributed by atoms with Crippen LogP contribution in [0.2, 0.25) is 0 Å². The molecule has 0 bridgehead atoms. The molecule has 9 aromatic rings. The molecule has 3 nitrogen and oxygen atoms in total. The van der Waals surface area contributed by atoms with Crippen LogP contribution in [0.5, 0.6) is 0 Å². The highest BCUT2D eigenvalue weighted by Crippen LogP contribution is 2.49. The van der Waals surface area contributed by atoms with Crippen LogP contribution < -0.4 is 4.90 Å². The third-order valence-electron chi connectivity index (χ3n) is 10.2. The molecule has 2 atom stereocenters. The molecule has 0 radical (unpaired) electrons. The second-order valence-corrected chi connectivity index (χ2v) is 14.6. The SMILES string of the molecule is IC1C(N(c2ccccc2)c2ccc3ccccc3c2)=Nc2ccccc2C1c1cc(-c2ccccc2)cc2c1oc1cc3ccccc3cc12. The number of fused-ring (bicyclic) bond motifs is 6. The topological polar surface area (TPSA) is 28.7 Å². The number of hydrogen-bond acceptors (Lipinski definition) is 3. The highest BCUT2D eigenvalue weighted by atomic mass is 127. The van der Waals surface area contributed by atoms with Crippen LogP contribution in [0.4, 0.5) is 17.1 Å². The van der Waals surface area contributed by atoms with Crippen LogP contribution in [-0.4, -0.2) is 9.76 Å². The highest BCUT2D eigenvalue weighted by molar-refractivity contribution is 14.1. The molecule has 0 spiro atoms. The molecule has 4 heteroatoms. The number of furan rings is 1. The van der Waals surface area contributed by atoms with Crippen molar-refractivity contribution in [2.24, 2.45) is 4.99 Å². The van der Waals surface area contributed by atoms with Gasteiger partial charge in [-0.25, -0.2) is 4.99 Å². The van der Waals surface area contributed by atoms with E-state index in [4.69, 9.17) is 9.41 Å². The summed E-state index contributed by atoms with van der Waals surface area (Å²) in [6.07, 6.45) is 0. The van der Waals surface area contributed by atoms with Gasteiger partial charge in [0.25, 0.3) is 0 Å². The van der Waals surface area contributed by atoms with Crippen molar-refractivity contribution in [2.45, 2.75) is 9.84 Å². The molecular weight excluding hydrogens is 735 g/mol. The number of anilines is 2. The van der Waals surface area contributed by atoms with Gasteiger partial charge in [-0.3, -0.25) is 4.90 Å². The Bertz CT molecular complexity index is 2790. The molecule has 51 heavy (non-hydrogen) atoms. The van der Waals surface area contributed by atoms with Crippen molar-refractivity contribution in [3.8, 4) is 11.1 Å². The zero-order valence-electron chi connectivity index (χ0n) is 27.6. The largest absolute Gasteiger partial charge is 0.456 e. The molecule has 1 aromatic heterocycles. The molecule has 0 N–H and O–H groups in total. The second-order valence-electron chi connectivity index (χ2n) is 13.2. The maximum atomic E-state index is 6.96. The summed E-state index contributed by atoms with van der Waals surface area (Å²) in [4.78, 5) is 7.82. The summed E-state index contributed by atoms with van der Waals surface area (Å²) in [6.45, 7) is 0. The second kappa shape index (κ2) is 12.3. The molecular formula is C47H31IN2O. The zero-order valence-corrected chi connectivity index (χ0v) is 29.7. The Kier molecular flexibility index (Phi) is 7.24. The van der Waals surface area contributed by atoms with Crippen molar-refractivity contribution < 1.29 is 4.42 Å². The average molecular weight is 767 g/mol. The summed E-state index contributed by atoms with van der Waals surface area (Å²) < 4.78 is 6.92. The molecule has 1 aliphatic heterocycles. The van der Waals surface area contributed by atoms with E-state index in [0.717, 1.165) is 50.4 Å². The van der Waals surface area contributed by atoms with Crippen LogP contribution in [0.3, 0.4) is 0 Å². The summed E-state index contributed by atoms with van der Waals surface area (Å²) in [7, 11) is 0. The van der Waals surface area contributed by atoms with Crippen LogP contribution in [-0.2, 0) is 0 Å². The molecule has 8 aromatic carbocycles. The number of rotatable bonds is 4. The first-order chi connectivity index (χ1) is 25.2. The number of amidine groups is 1. The summed E-state index contributed by atoms with van der Waals surface area (Å²) in [5.74, 6) is 0.947. The van der Waals surface area contributed by atoms with Gasteiger partial charge in [0.15, 0.2) is 0 Å². The van der Waals surface area contributed by atoms with Crippen LogP contribution in [0, 0.1) is 0 Å². The first-order valence-corrected chi connectivity index (χ1v) is 18.5. The number of hydrogen-bond donors (Lipinski definition) is 0. The minimum Gasteiger partial charge on any atom is -0.456 e. The maximum absolute atomic E-state index is 6.96. The molecule has 0 saturated carbocycles. The highest BCUT2D eigenvalue weighted by Gasteiger charge is 2.38. The van der Waals surface area contributed by atoms with Crippen molar-refractivity contribution in [2.75, 3.05) is 4.90 Å². The van der Waals surface area contributed by atoms with Gasteiger partial charge in [-0.2, -0.15) is 0 Å². The first-order valence-electron chi connectivity index (χ1n) is 17.3. The van der Waals surface area contributed by atoms with Gasteiger partial charge in [0.1, 0.15) is 17.0 Å². The van der Waals surface area contributed by atoms with Crippen LogP contribution in [0.1, 0.15) is 17.0 Å². The number of benzene rings is 8. The Balaban J connectivity index is 1.23. The van der Waals surface area contributed by atoms with Gasteiger partial charge in [0.2, 0.25) is 0 Å². The van der Waals surface area contributed by atoms with Crippen molar-refractivity contribution in [1.82, 2.24) is 0 Å². The molecule has 2 unspecified atom stereocenters. The zero-order chi connectivity index (χ0) is 33.9. The number of halogens is 1. The van der Waals surface area contributed by atoms with E-state index in [2.05, 4.69) is 203 Å². The number of para-hydroxylation sites is 2. The van der Waals surface area contributed by atoms with E-state index >= 15 is 0 Å². The molecule has 242 valence electrons. The van der Waals surface area contributed by atoms with E-state index in [1.54, 1.807) is 0 Å². The van der Waals surface area contributed by atoms with Crippen molar-refractivity contribution in [3.63, 3.8) is 0 Å². The predicted molar refractivity (Wildman–Crippen MR) is 222 cm³/mol. The van der Waals surface area contributed by atoms with Gasteiger partial charge in [-0.15, -0.1) is 0 Å². The lowest BCUT2D eigenvalue weighted by Gasteiger charge is -2.36. The van der Waals surface area contributed by atoms with Gasteiger partial charge in [0.05, 0.1) is 9.61 Å². The standard InChI is InChI=1S/C47H31IN2O/c48-45-44(41-28-35(30-13-3-1-4-14-30)27-40-39-26-33-17-9-10-18-34(33)29-43(39)51-46(40)41)38-21-11-12-22-42(38)49-47(45)50(36-19-5-2-6-20-36)37-24-23-31-15-7-8-16-32(31)25-37/h1-29,44-45H. The molecule has 0 aliphatic carbocycles. The lowest BCUT2D eigenvalue weighted by molar-refractivity contribution is 0.658. The summed E-state index contributed by atoms with van der Waals surface area (Å²) >= 11 is 2.64. The fourth-order valence-electron chi connectivity index (χ4n) is 7.77. The average Bonchev–Trinajstić information content (AvgIpc) is 3.55. The van der Waals surface area contributed by atoms with E-state index in [1.165, 1.54) is 38.2 Å². The van der Waals surface area contributed by atoms with Crippen molar-refractivity contribution in [1.29, 1.82) is 0 Å². The Morgan fingerprint density at radius 2 is 1.14 bits per heavy atom. The Labute approximate surface area is 309 Å². The molecule has 0 saturated heterocycles. The monoisotopic (exact) mass is 766 g/mol. The third kappa shape index (κ3) is 5.12. The number of alkyl halides is 1. The molecule has 0 fully saturated rings. The Hall–Kier alpha value is -5.72. The first kappa shape index (κ1) is 30.1. The van der Waals surface area contributed by atoms with Gasteiger partial charge in [0, 0.05) is 33.6 Å². The predicted octanol–water partition coefficient (Wildman–Crippen LogP) is 13.4. The number of aliphatic imine (C=N–C) groups is 1. The molecule has 2 heterocycles. The Morgan fingerprint density at radius 3 is 1.92 bits per heavy atom. The van der Waals surface area contributed by atoms with Crippen LogP contribution in [0.15, 0.2) is 185 Å². The summed E-state index contributed by atoms with van der Waals surface area (Å²) in [5, 5.41) is 7.05. The number of nitrogens with zero attached hydrogens (tertiary/aromatic N) is 2. The van der Waals surface area contributed by atoms with Crippen molar-refractivity contribution in [3.05, 3.63) is 187 Å². The van der Waals surface area contributed by atoms with E-state index in [0.29, 0.717) is 0 Å². The van der Waals surface area contributed by atoms with Gasteiger partial charge >= 0.3 is 0 Å².